The van der Waals surface area contributed by atoms with Crippen molar-refractivity contribution in [3.05, 3.63) is 48.0 Å². The summed E-state index contributed by atoms with van der Waals surface area (Å²) < 4.78 is 0. The summed E-state index contributed by atoms with van der Waals surface area (Å²) in [4.78, 5) is 0. The molecule has 0 aliphatic carbocycles. The molecule has 0 heterocycles. The Bertz CT molecular complexity index is 437. The molecule has 0 saturated carbocycles. The van der Waals surface area contributed by atoms with Crippen LogP contribution in [0.2, 0.25) is 0 Å². The summed E-state index contributed by atoms with van der Waals surface area (Å²) in [5.41, 5.74) is 1.45. The molecule has 0 saturated heterocycles. The Labute approximate surface area is 98.3 Å². The fourth-order valence-electron chi connectivity index (χ4n) is 2.17. The van der Waals surface area contributed by atoms with E-state index in [2.05, 4.69) is 49.4 Å². The molecule has 2 aromatic carbocycles. The number of hydrogen-bond acceptors (Lipinski definition) is 0. The molecular formula is C16H19. The highest BCUT2D eigenvalue weighted by molar-refractivity contribution is 5.85. The van der Waals surface area contributed by atoms with Gasteiger partial charge in [-0.2, -0.15) is 0 Å². The van der Waals surface area contributed by atoms with Crippen molar-refractivity contribution in [1.29, 1.82) is 0 Å². The van der Waals surface area contributed by atoms with E-state index >= 15 is 0 Å². The third-order valence-corrected chi connectivity index (χ3v) is 3.10. The molecule has 0 heteroatoms. The van der Waals surface area contributed by atoms with Crippen molar-refractivity contribution < 1.29 is 0 Å². The van der Waals surface area contributed by atoms with Crippen molar-refractivity contribution in [3.63, 3.8) is 0 Å². The number of aryl methyl sites for hydroxylation is 1. The van der Waals surface area contributed by atoms with Gasteiger partial charge in [0, 0.05) is 0 Å². The molecule has 0 nitrogen and oxygen atoms in total. The van der Waals surface area contributed by atoms with Crippen molar-refractivity contribution in [2.45, 2.75) is 39.0 Å². The first-order chi connectivity index (χ1) is 7.92. The third-order valence-electron chi connectivity index (χ3n) is 3.10. The monoisotopic (exact) mass is 211 g/mol. The van der Waals surface area contributed by atoms with Crippen LogP contribution in [0.15, 0.2) is 36.4 Å². The summed E-state index contributed by atoms with van der Waals surface area (Å²) in [5.74, 6) is 0. The summed E-state index contributed by atoms with van der Waals surface area (Å²) in [6.45, 7) is 2.26. The highest BCUT2D eigenvalue weighted by Gasteiger charge is 1.99. The van der Waals surface area contributed by atoms with Crippen LogP contribution in [0, 0.1) is 6.07 Å². The minimum atomic E-state index is 1.19. The van der Waals surface area contributed by atoms with E-state index in [1.54, 1.807) is 0 Å². The molecule has 0 aromatic heterocycles. The molecule has 0 bridgehead atoms. The molecule has 1 radical (unpaired) electrons. The van der Waals surface area contributed by atoms with Crippen molar-refractivity contribution in [3.8, 4) is 0 Å². The molecule has 0 atom stereocenters. The molecule has 0 amide bonds. The standard InChI is InChI=1S/C16H19/c1-2-3-4-5-9-14-11-8-12-15-10-6-7-13-16(14)15/h6-7,10-13H,2-5,9H2,1H3. The zero-order valence-corrected chi connectivity index (χ0v) is 10.00. The molecule has 0 spiro atoms. The normalized spacial score (nSPS) is 10.8. The van der Waals surface area contributed by atoms with Crippen LogP contribution in [0.1, 0.15) is 38.2 Å². The molecule has 0 N–H and O–H groups in total. The molecular weight excluding hydrogens is 192 g/mol. The molecule has 0 unspecified atom stereocenters. The maximum absolute atomic E-state index is 3.24. The van der Waals surface area contributed by atoms with Gasteiger partial charge in [0.2, 0.25) is 0 Å². The van der Waals surface area contributed by atoms with Gasteiger partial charge in [0.25, 0.3) is 0 Å². The molecule has 2 rings (SSSR count). The highest BCUT2D eigenvalue weighted by atomic mass is 14.0. The zero-order chi connectivity index (χ0) is 11.2. The average molecular weight is 211 g/mol. The van der Waals surface area contributed by atoms with Crippen LogP contribution in [-0.2, 0) is 6.42 Å². The lowest BCUT2D eigenvalue weighted by Gasteiger charge is -2.05. The van der Waals surface area contributed by atoms with E-state index in [9.17, 15) is 0 Å². The van der Waals surface area contributed by atoms with Crippen LogP contribution in [0.25, 0.3) is 10.8 Å². The molecule has 0 aliphatic heterocycles. The molecule has 83 valence electrons. The van der Waals surface area contributed by atoms with Crippen LogP contribution in [-0.4, -0.2) is 0 Å². The second-order valence-corrected chi connectivity index (χ2v) is 4.38. The molecule has 2 aromatic rings. The number of fused-ring (bicyclic) bond motifs is 1. The van der Waals surface area contributed by atoms with Crippen molar-refractivity contribution in [1.82, 2.24) is 0 Å². The average Bonchev–Trinajstić information content (AvgIpc) is 2.35. The lowest BCUT2D eigenvalue weighted by molar-refractivity contribution is 0.668. The summed E-state index contributed by atoms with van der Waals surface area (Å²) in [5, 5.41) is 2.72. The van der Waals surface area contributed by atoms with E-state index in [1.807, 2.05) is 0 Å². The summed E-state index contributed by atoms with van der Waals surface area (Å²) >= 11 is 0. The first-order valence-corrected chi connectivity index (χ1v) is 6.29. The fraction of sp³-hybridized carbons (Fsp3) is 0.375. The Morgan fingerprint density at radius 2 is 1.88 bits per heavy atom. The minimum Gasteiger partial charge on any atom is -0.0654 e. The van der Waals surface area contributed by atoms with Crippen molar-refractivity contribution in [2.75, 3.05) is 0 Å². The Hall–Kier alpha value is -1.30. The van der Waals surface area contributed by atoms with Crippen LogP contribution in [0.4, 0.5) is 0 Å². The van der Waals surface area contributed by atoms with Gasteiger partial charge in [0.05, 0.1) is 0 Å². The van der Waals surface area contributed by atoms with E-state index in [-0.39, 0.29) is 0 Å². The van der Waals surface area contributed by atoms with Crippen molar-refractivity contribution in [2.24, 2.45) is 0 Å². The van der Waals surface area contributed by atoms with Gasteiger partial charge in [-0.1, -0.05) is 56.5 Å². The minimum absolute atomic E-state index is 1.19. The van der Waals surface area contributed by atoms with Gasteiger partial charge in [0.1, 0.15) is 0 Å². The summed E-state index contributed by atoms with van der Waals surface area (Å²) in [6.07, 6.45) is 6.50. The van der Waals surface area contributed by atoms with E-state index < -0.39 is 0 Å². The Kier molecular flexibility index (Phi) is 3.98. The van der Waals surface area contributed by atoms with Gasteiger partial charge in [-0.25, -0.2) is 0 Å². The van der Waals surface area contributed by atoms with E-state index in [0.29, 0.717) is 0 Å². The van der Waals surface area contributed by atoms with E-state index in [0.717, 1.165) is 0 Å². The van der Waals surface area contributed by atoms with Gasteiger partial charge in [-0.15, -0.1) is 0 Å². The van der Waals surface area contributed by atoms with E-state index in [1.165, 1.54) is 48.4 Å². The Morgan fingerprint density at radius 1 is 1.00 bits per heavy atom. The van der Waals surface area contributed by atoms with Crippen LogP contribution in [0.5, 0.6) is 0 Å². The lowest BCUT2D eigenvalue weighted by atomic mass is 9.99. The van der Waals surface area contributed by atoms with Crippen LogP contribution < -0.4 is 0 Å². The number of hydrogen-bond donors (Lipinski definition) is 0. The number of benzene rings is 2. The summed E-state index contributed by atoms with van der Waals surface area (Å²) in [6, 6.07) is 16.1. The number of unbranched alkanes of at least 4 members (excludes halogenated alkanes) is 3. The maximum Gasteiger partial charge on any atom is -0.0151 e. The predicted octanol–water partition coefficient (Wildman–Crippen LogP) is 4.76. The molecule has 16 heavy (non-hydrogen) atoms. The van der Waals surface area contributed by atoms with Gasteiger partial charge in [-0.05, 0) is 41.3 Å². The lowest BCUT2D eigenvalue weighted by Crippen LogP contribution is -1.88. The second kappa shape index (κ2) is 5.69. The predicted molar refractivity (Wildman–Crippen MR) is 70.6 cm³/mol. The van der Waals surface area contributed by atoms with Gasteiger partial charge in [-0.3, -0.25) is 0 Å². The fourth-order valence-corrected chi connectivity index (χ4v) is 2.17. The highest BCUT2D eigenvalue weighted by Crippen LogP contribution is 2.20. The van der Waals surface area contributed by atoms with Crippen LogP contribution in [0.3, 0.4) is 0 Å². The third kappa shape index (κ3) is 2.63. The zero-order valence-electron chi connectivity index (χ0n) is 10.00. The quantitative estimate of drug-likeness (QED) is 0.625. The number of rotatable bonds is 5. The van der Waals surface area contributed by atoms with Gasteiger partial charge in [0.15, 0.2) is 0 Å². The molecule has 0 fully saturated rings. The Balaban J connectivity index is 2.11. The summed E-state index contributed by atoms with van der Waals surface area (Å²) in [7, 11) is 0. The first kappa shape index (κ1) is 11.2. The molecule has 0 aliphatic rings. The smallest absolute Gasteiger partial charge is 0.0151 e. The SMILES string of the molecule is CCCCCCc1c[c]cc2ccccc12. The Morgan fingerprint density at radius 3 is 2.75 bits per heavy atom. The first-order valence-electron chi connectivity index (χ1n) is 6.29. The van der Waals surface area contributed by atoms with Gasteiger partial charge < -0.3 is 0 Å². The topological polar surface area (TPSA) is 0 Å². The van der Waals surface area contributed by atoms with Gasteiger partial charge >= 0.3 is 0 Å². The van der Waals surface area contributed by atoms with Crippen molar-refractivity contribution >= 4 is 10.8 Å². The largest absolute Gasteiger partial charge is 0.0654 e. The second-order valence-electron chi connectivity index (χ2n) is 4.38. The van der Waals surface area contributed by atoms with Crippen LogP contribution >= 0.6 is 0 Å². The maximum atomic E-state index is 3.24. The van der Waals surface area contributed by atoms with E-state index in [4.69, 9.17) is 0 Å².